The lowest BCUT2D eigenvalue weighted by Gasteiger charge is -2.42. The Labute approximate surface area is 178 Å². The largest absolute Gasteiger partial charge is 0.361 e. The van der Waals surface area contributed by atoms with E-state index in [0.29, 0.717) is 32.7 Å². The van der Waals surface area contributed by atoms with Gasteiger partial charge in [-0.25, -0.2) is 0 Å². The maximum atomic E-state index is 13.5. The van der Waals surface area contributed by atoms with Crippen molar-refractivity contribution in [2.75, 3.05) is 26.2 Å². The monoisotopic (exact) mass is 406 g/mol. The SMILES string of the molecule is Cc1ccc(CC(=O)N2CCO[C@@]3(C2)C(=O)N(C(C)C)C[C@H]3c2ccccc2)cc1. The molecule has 2 saturated heterocycles. The molecular formula is C25H30N2O3. The molecule has 2 fully saturated rings. The number of carbonyl (C=O) groups excluding carboxylic acids is 2. The zero-order chi connectivity index (χ0) is 21.3. The van der Waals surface area contributed by atoms with E-state index < -0.39 is 5.60 Å². The third-order valence-corrected chi connectivity index (χ3v) is 6.37. The number of ether oxygens (including phenoxy) is 1. The highest BCUT2D eigenvalue weighted by atomic mass is 16.5. The standard InChI is InChI=1S/C25H30N2O3/c1-18(2)27-16-22(21-7-5-4-6-8-21)25(24(27)29)17-26(13-14-30-25)23(28)15-20-11-9-19(3)10-12-20/h4-12,18,22H,13-17H2,1-3H3/t22-,25+/m0/s1. The summed E-state index contributed by atoms with van der Waals surface area (Å²) in [6.07, 6.45) is 0.342. The number of carbonyl (C=O) groups is 2. The fourth-order valence-corrected chi connectivity index (χ4v) is 4.62. The minimum absolute atomic E-state index is 0.000751. The Kier molecular flexibility index (Phi) is 5.65. The molecule has 0 N–H and O–H groups in total. The Hall–Kier alpha value is -2.66. The van der Waals surface area contributed by atoms with Gasteiger partial charge in [-0.3, -0.25) is 9.59 Å². The second kappa shape index (κ2) is 8.23. The molecule has 0 saturated carbocycles. The number of hydrogen-bond donors (Lipinski definition) is 0. The van der Waals surface area contributed by atoms with Gasteiger partial charge in [0.05, 0.1) is 19.6 Å². The summed E-state index contributed by atoms with van der Waals surface area (Å²) in [7, 11) is 0. The van der Waals surface area contributed by atoms with Crippen molar-refractivity contribution < 1.29 is 14.3 Å². The van der Waals surface area contributed by atoms with Gasteiger partial charge in [0.1, 0.15) is 0 Å². The van der Waals surface area contributed by atoms with E-state index in [2.05, 4.69) is 12.1 Å². The minimum atomic E-state index is -1.01. The molecule has 158 valence electrons. The highest BCUT2D eigenvalue weighted by Crippen LogP contribution is 2.42. The summed E-state index contributed by atoms with van der Waals surface area (Å²) in [5, 5.41) is 0. The summed E-state index contributed by atoms with van der Waals surface area (Å²) in [6, 6.07) is 18.2. The van der Waals surface area contributed by atoms with E-state index >= 15 is 0 Å². The first-order chi connectivity index (χ1) is 14.4. The first-order valence-corrected chi connectivity index (χ1v) is 10.7. The van der Waals surface area contributed by atoms with Gasteiger partial charge in [-0.05, 0) is 31.9 Å². The Balaban J connectivity index is 1.60. The maximum absolute atomic E-state index is 13.5. The molecule has 2 amide bonds. The van der Waals surface area contributed by atoms with E-state index in [1.807, 2.05) is 73.0 Å². The van der Waals surface area contributed by atoms with Crippen molar-refractivity contribution in [3.8, 4) is 0 Å². The van der Waals surface area contributed by atoms with Gasteiger partial charge in [-0.15, -0.1) is 0 Å². The second-order valence-electron chi connectivity index (χ2n) is 8.73. The molecule has 0 aliphatic carbocycles. The Bertz CT molecular complexity index is 910. The molecule has 2 aliphatic rings. The van der Waals surface area contributed by atoms with Crippen molar-refractivity contribution in [1.29, 1.82) is 0 Å². The molecule has 2 atom stereocenters. The van der Waals surface area contributed by atoms with Crippen LogP contribution >= 0.6 is 0 Å². The summed E-state index contributed by atoms with van der Waals surface area (Å²) >= 11 is 0. The smallest absolute Gasteiger partial charge is 0.257 e. The highest BCUT2D eigenvalue weighted by Gasteiger charge is 2.58. The van der Waals surface area contributed by atoms with Crippen LogP contribution in [0.25, 0.3) is 0 Å². The van der Waals surface area contributed by atoms with Gasteiger partial charge in [0, 0.05) is 25.0 Å². The summed E-state index contributed by atoms with van der Waals surface area (Å²) < 4.78 is 6.25. The molecule has 0 bridgehead atoms. The Morgan fingerprint density at radius 1 is 1.13 bits per heavy atom. The minimum Gasteiger partial charge on any atom is -0.361 e. The normalized spacial score (nSPS) is 24.1. The predicted octanol–water partition coefficient (Wildman–Crippen LogP) is 3.17. The van der Waals surface area contributed by atoms with Crippen molar-refractivity contribution >= 4 is 11.8 Å². The van der Waals surface area contributed by atoms with Gasteiger partial charge in [0.15, 0.2) is 5.60 Å². The zero-order valence-corrected chi connectivity index (χ0v) is 18.0. The van der Waals surface area contributed by atoms with Crippen LogP contribution in [0.3, 0.4) is 0 Å². The quantitative estimate of drug-likeness (QED) is 0.784. The molecule has 2 aromatic rings. The number of likely N-dealkylation sites (tertiary alicyclic amines) is 1. The average Bonchev–Trinajstić information content (AvgIpc) is 3.02. The number of rotatable bonds is 4. The fraction of sp³-hybridized carbons (Fsp3) is 0.440. The van der Waals surface area contributed by atoms with Gasteiger partial charge in [0.25, 0.3) is 5.91 Å². The fourth-order valence-electron chi connectivity index (χ4n) is 4.62. The van der Waals surface area contributed by atoms with Gasteiger partial charge >= 0.3 is 0 Å². The lowest BCUT2D eigenvalue weighted by atomic mass is 9.83. The van der Waals surface area contributed by atoms with E-state index in [9.17, 15) is 9.59 Å². The first-order valence-electron chi connectivity index (χ1n) is 10.7. The van der Waals surface area contributed by atoms with E-state index in [0.717, 1.165) is 11.1 Å². The lowest BCUT2D eigenvalue weighted by molar-refractivity contribution is -0.168. The van der Waals surface area contributed by atoms with Crippen LogP contribution in [0.4, 0.5) is 0 Å². The topological polar surface area (TPSA) is 49.9 Å². The molecule has 2 aliphatic heterocycles. The molecule has 30 heavy (non-hydrogen) atoms. The third-order valence-electron chi connectivity index (χ3n) is 6.37. The van der Waals surface area contributed by atoms with Crippen LogP contribution in [0, 0.1) is 6.92 Å². The van der Waals surface area contributed by atoms with Crippen LogP contribution in [-0.2, 0) is 20.7 Å². The van der Waals surface area contributed by atoms with Crippen LogP contribution in [0.5, 0.6) is 0 Å². The highest BCUT2D eigenvalue weighted by molar-refractivity contribution is 5.91. The molecule has 2 heterocycles. The van der Waals surface area contributed by atoms with Crippen LogP contribution in [0.1, 0.15) is 36.5 Å². The molecule has 5 heteroatoms. The van der Waals surface area contributed by atoms with Crippen LogP contribution in [0.2, 0.25) is 0 Å². The average molecular weight is 407 g/mol. The van der Waals surface area contributed by atoms with Gasteiger partial charge in [-0.2, -0.15) is 0 Å². The first kappa shape index (κ1) is 20.6. The summed E-state index contributed by atoms with van der Waals surface area (Å²) in [5.74, 6) is -0.0492. The number of benzene rings is 2. The number of hydrogen-bond acceptors (Lipinski definition) is 3. The lowest BCUT2D eigenvalue weighted by Crippen LogP contribution is -2.60. The summed E-state index contributed by atoms with van der Waals surface area (Å²) in [4.78, 5) is 30.4. The van der Waals surface area contributed by atoms with Crippen molar-refractivity contribution in [2.24, 2.45) is 0 Å². The van der Waals surface area contributed by atoms with Gasteiger partial charge < -0.3 is 14.5 Å². The van der Waals surface area contributed by atoms with Crippen molar-refractivity contribution in [3.05, 3.63) is 71.3 Å². The van der Waals surface area contributed by atoms with Crippen LogP contribution in [0.15, 0.2) is 54.6 Å². The molecule has 0 aromatic heterocycles. The number of aryl methyl sites for hydroxylation is 1. The molecule has 0 radical (unpaired) electrons. The molecule has 0 unspecified atom stereocenters. The predicted molar refractivity (Wildman–Crippen MR) is 116 cm³/mol. The molecule has 2 aromatic carbocycles. The van der Waals surface area contributed by atoms with Gasteiger partial charge in [-0.1, -0.05) is 60.2 Å². The van der Waals surface area contributed by atoms with Crippen molar-refractivity contribution in [3.63, 3.8) is 0 Å². The summed E-state index contributed by atoms with van der Waals surface area (Å²) in [6.45, 7) is 7.90. The number of morpholine rings is 1. The van der Waals surface area contributed by atoms with E-state index in [4.69, 9.17) is 4.74 Å². The van der Waals surface area contributed by atoms with Crippen molar-refractivity contribution in [2.45, 2.75) is 44.8 Å². The van der Waals surface area contributed by atoms with Gasteiger partial charge in [0.2, 0.25) is 5.91 Å². The maximum Gasteiger partial charge on any atom is 0.257 e. The Morgan fingerprint density at radius 2 is 1.83 bits per heavy atom. The van der Waals surface area contributed by atoms with E-state index in [1.54, 1.807) is 0 Å². The van der Waals surface area contributed by atoms with E-state index in [-0.39, 0.29) is 23.8 Å². The van der Waals surface area contributed by atoms with Crippen LogP contribution < -0.4 is 0 Å². The second-order valence-corrected chi connectivity index (χ2v) is 8.73. The Morgan fingerprint density at radius 3 is 2.50 bits per heavy atom. The number of amides is 2. The van der Waals surface area contributed by atoms with Crippen LogP contribution in [-0.4, -0.2) is 59.5 Å². The van der Waals surface area contributed by atoms with E-state index in [1.165, 1.54) is 5.56 Å². The third kappa shape index (κ3) is 3.74. The molecule has 1 spiro atoms. The zero-order valence-electron chi connectivity index (χ0n) is 18.0. The number of nitrogens with zero attached hydrogens (tertiary/aromatic N) is 2. The molecule has 4 rings (SSSR count). The molecular weight excluding hydrogens is 376 g/mol. The molecule has 5 nitrogen and oxygen atoms in total. The summed E-state index contributed by atoms with van der Waals surface area (Å²) in [5.41, 5.74) is 2.24. The van der Waals surface area contributed by atoms with Crippen molar-refractivity contribution in [1.82, 2.24) is 9.80 Å².